The van der Waals surface area contributed by atoms with Crippen molar-refractivity contribution in [2.75, 3.05) is 26.2 Å². The van der Waals surface area contributed by atoms with E-state index in [4.69, 9.17) is 15.8 Å². The van der Waals surface area contributed by atoms with E-state index in [0.717, 1.165) is 22.3 Å². The molecular formula is C28H34N8O4. The van der Waals surface area contributed by atoms with Gasteiger partial charge in [-0.25, -0.2) is 4.79 Å². The van der Waals surface area contributed by atoms with E-state index < -0.39 is 12.1 Å². The molecule has 0 bridgehead atoms. The molecule has 0 unspecified atom stereocenters. The first-order valence-corrected chi connectivity index (χ1v) is 13.5. The molecule has 1 aliphatic rings. The zero-order valence-corrected chi connectivity index (χ0v) is 22.4. The lowest BCUT2D eigenvalue weighted by atomic mass is 9.98. The number of fused-ring (bicyclic) bond motifs is 3. The zero-order chi connectivity index (χ0) is 28.6. The van der Waals surface area contributed by atoms with Crippen LogP contribution in [0.3, 0.4) is 0 Å². The number of hydrogen-bond donors (Lipinski definition) is 2. The van der Waals surface area contributed by atoms with Crippen LogP contribution in [-0.4, -0.2) is 50.1 Å². The Morgan fingerprint density at radius 3 is 2.17 bits per heavy atom. The first-order chi connectivity index (χ1) is 19.5. The van der Waals surface area contributed by atoms with Gasteiger partial charge in [0, 0.05) is 48.2 Å². The van der Waals surface area contributed by atoms with Gasteiger partial charge in [-0.1, -0.05) is 58.8 Å². The fourth-order valence-corrected chi connectivity index (χ4v) is 4.79. The molecule has 2 amide bonds. The molecule has 2 aromatic carbocycles. The van der Waals surface area contributed by atoms with Crippen molar-refractivity contribution in [1.82, 2.24) is 10.6 Å². The molecule has 0 fully saturated rings. The lowest BCUT2D eigenvalue weighted by Gasteiger charge is -2.18. The van der Waals surface area contributed by atoms with Crippen LogP contribution in [0.5, 0.6) is 0 Å². The lowest BCUT2D eigenvalue weighted by molar-refractivity contribution is -0.128. The van der Waals surface area contributed by atoms with Crippen LogP contribution in [0.2, 0.25) is 0 Å². The topological polar surface area (TPSA) is 182 Å². The average Bonchev–Trinajstić information content (AvgIpc) is 3.28. The number of carbonyl (C=O) groups excluding carboxylic acids is 3. The first kappa shape index (κ1) is 30.0. The molecule has 40 heavy (non-hydrogen) atoms. The molecule has 3 rings (SSSR count). The van der Waals surface area contributed by atoms with Gasteiger partial charge in [0.05, 0.1) is 6.04 Å². The molecule has 0 saturated heterocycles. The minimum atomic E-state index is -0.674. The van der Waals surface area contributed by atoms with Gasteiger partial charge in [0.15, 0.2) is 5.78 Å². The SMILES string of the molecule is [N-]=[N+]=NCCCCC(=O)[C@H](CCCCNC(=O)OCC1c2ccccc2-c2ccccc21)NC(=O)CCN=[N+]=[N-]. The van der Waals surface area contributed by atoms with Gasteiger partial charge in [0.1, 0.15) is 6.61 Å². The number of benzene rings is 2. The summed E-state index contributed by atoms with van der Waals surface area (Å²) in [6, 6.07) is 15.6. The summed E-state index contributed by atoms with van der Waals surface area (Å²) in [5, 5.41) is 12.3. The standard InChI is InChI=1S/C28H34N8O4/c29-35-32-17-8-6-14-26(37)25(34-27(38)15-18-33-36-30)13-5-7-16-31-28(39)40-19-24-22-11-3-1-9-20(22)21-10-2-4-12-23(21)24/h1-4,9-12,24-25H,5-8,13-19H2,(H,31,39)(H,34,38)/t25-/m0/s1. The summed E-state index contributed by atoms with van der Waals surface area (Å²) in [5.41, 5.74) is 21.4. The number of azide groups is 2. The minimum absolute atomic E-state index is 0.00589. The maximum absolute atomic E-state index is 12.7. The van der Waals surface area contributed by atoms with Gasteiger partial charge >= 0.3 is 6.09 Å². The Morgan fingerprint density at radius 1 is 0.850 bits per heavy atom. The predicted molar refractivity (Wildman–Crippen MR) is 150 cm³/mol. The third-order valence-corrected chi connectivity index (χ3v) is 6.75. The van der Waals surface area contributed by atoms with Crippen molar-refractivity contribution < 1.29 is 19.1 Å². The molecule has 0 aliphatic heterocycles. The Kier molecular flexibility index (Phi) is 12.3. The molecule has 0 radical (unpaired) electrons. The Balaban J connectivity index is 1.42. The maximum Gasteiger partial charge on any atom is 0.407 e. The summed E-state index contributed by atoms with van der Waals surface area (Å²) < 4.78 is 5.55. The molecule has 0 heterocycles. The zero-order valence-electron chi connectivity index (χ0n) is 22.4. The molecule has 210 valence electrons. The Morgan fingerprint density at radius 2 is 1.50 bits per heavy atom. The Hall–Kier alpha value is -4.53. The third-order valence-electron chi connectivity index (χ3n) is 6.75. The highest BCUT2D eigenvalue weighted by atomic mass is 16.5. The third kappa shape index (κ3) is 9.04. The summed E-state index contributed by atoms with van der Waals surface area (Å²) in [6.07, 6.45) is 2.47. The summed E-state index contributed by atoms with van der Waals surface area (Å²) in [7, 11) is 0. The minimum Gasteiger partial charge on any atom is -0.449 e. The van der Waals surface area contributed by atoms with Crippen LogP contribution in [-0.2, 0) is 14.3 Å². The van der Waals surface area contributed by atoms with Crippen LogP contribution in [0.1, 0.15) is 62.0 Å². The molecule has 12 heteroatoms. The monoisotopic (exact) mass is 546 g/mol. The molecule has 0 saturated carbocycles. The van der Waals surface area contributed by atoms with E-state index in [2.05, 4.69) is 55.0 Å². The highest BCUT2D eigenvalue weighted by molar-refractivity contribution is 5.89. The van der Waals surface area contributed by atoms with Gasteiger partial charge in [0.2, 0.25) is 5.91 Å². The van der Waals surface area contributed by atoms with Crippen LogP contribution in [0.4, 0.5) is 4.79 Å². The van der Waals surface area contributed by atoms with Crippen molar-refractivity contribution in [2.45, 2.75) is 56.9 Å². The van der Waals surface area contributed by atoms with Crippen molar-refractivity contribution in [3.05, 3.63) is 80.5 Å². The summed E-state index contributed by atoms with van der Waals surface area (Å²) in [4.78, 5) is 42.6. The number of nitrogens with zero attached hydrogens (tertiary/aromatic N) is 6. The highest BCUT2D eigenvalue weighted by Gasteiger charge is 2.29. The van der Waals surface area contributed by atoms with Gasteiger partial charge in [0.25, 0.3) is 0 Å². The van der Waals surface area contributed by atoms with Crippen LogP contribution in [0, 0.1) is 0 Å². The second kappa shape index (κ2) is 16.4. The van der Waals surface area contributed by atoms with E-state index in [0.29, 0.717) is 45.2 Å². The molecular weight excluding hydrogens is 512 g/mol. The van der Waals surface area contributed by atoms with Crippen LogP contribution in [0.15, 0.2) is 58.8 Å². The maximum atomic E-state index is 12.7. The smallest absolute Gasteiger partial charge is 0.407 e. The normalized spacial score (nSPS) is 12.2. The van der Waals surface area contributed by atoms with Crippen LogP contribution in [0.25, 0.3) is 32.0 Å². The lowest BCUT2D eigenvalue weighted by Crippen LogP contribution is -2.41. The number of ketones is 1. The quantitative estimate of drug-likeness (QED) is 0.108. The van der Waals surface area contributed by atoms with Crippen LogP contribution < -0.4 is 10.6 Å². The Bertz CT molecular complexity index is 1220. The van der Waals surface area contributed by atoms with Crippen molar-refractivity contribution in [3.8, 4) is 11.1 Å². The molecule has 1 aliphatic carbocycles. The summed E-state index contributed by atoms with van der Waals surface area (Å²) >= 11 is 0. The van der Waals surface area contributed by atoms with Gasteiger partial charge in [-0.3, -0.25) is 9.59 Å². The molecule has 2 aromatic rings. The number of hydrogen-bond acceptors (Lipinski definition) is 6. The summed E-state index contributed by atoms with van der Waals surface area (Å²) in [5.74, 6) is -0.488. The number of unbranched alkanes of at least 4 members (excludes halogenated alkanes) is 2. The van der Waals surface area contributed by atoms with Gasteiger partial charge in [-0.05, 0) is 65.4 Å². The van der Waals surface area contributed by atoms with Gasteiger partial charge in [-0.15, -0.1) is 0 Å². The second-order valence-electron chi connectivity index (χ2n) is 9.45. The van der Waals surface area contributed by atoms with E-state index in [1.807, 2.05) is 24.3 Å². The number of Topliss-reactive ketones (excluding diaryl/α,β-unsaturated/α-hetero) is 1. The van der Waals surface area contributed by atoms with E-state index in [1.54, 1.807) is 0 Å². The molecule has 12 nitrogen and oxygen atoms in total. The predicted octanol–water partition coefficient (Wildman–Crippen LogP) is 5.93. The van der Waals surface area contributed by atoms with Crippen molar-refractivity contribution in [2.24, 2.45) is 10.2 Å². The molecule has 0 aromatic heterocycles. The number of amides is 2. The van der Waals surface area contributed by atoms with Crippen molar-refractivity contribution in [3.63, 3.8) is 0 Å². The van der Waals surface area contributed by atoms with E-state index in [-0.39, 0.29) is 43.6 Å². The van der Waals surface area contributed by atoms with E-state index in [9.17, 15) is 14.4 Å². The first-order valence-electron chi connectivity index (χ1n) is 13.5. The molecule has 1 atom stereocenters. The number of alkyl carbamates (subject to hydrolysis) is 1. The summed E-state index contributed by atoms with van der Waals surface area (Å²) in [6.45, 7) is 0.931. The number of rotatable bonds is 17. The number of ether oxygens (including phenoxy) is 1. The molecule has 2 N–H and O–H groups in total. The highest BCUT2D eigenvalue weighted by Crippen LogP contribution is 2.44. The number of carbonyl (C=O) groups is 3. The second-order valence-corrected chi connectivity index (χ2v) is 9.45. The largest absolute Gasteiger partial charge is 0.449 e. The number of nitrogens with one attached hydrogen (secondary N) is 2. The van der Waals surface area contributed by atoms with Gasteiger partial charge < -0.3 is 15.4 Å². The van der Waals surface area contributed by atoms with Gasteiger partial charge in [-0.2, -0.15) is 0 Å². The van der Waals surface area contributed by atoms with Crippen molar-refractivity contribution in [1.29, 1.82) is 0 Å². The fraction of sp³-hybridized carbons (Fsp3) is 0.464. The molecule has 0 spiro atoms. The average molecular weight is 547 g/mol. The van der Waals surface area contributed by atoms with Crippen LogP contribution >= 0.6 is 0 Å². The fourth-order valence-electron chi connectivity index (χ4n) is 4.79. The van der Waals surface area contributed by atoms with E-state index in [1.165, 1.54) is 0 Å². The van der Waals surface area contributed by atoms with Crippen molar-refractivity contribution >= 4 is 17.8 Å². The Labute approximate surface area is 232 Å². The van der Waals surface area contributed by atoms with E-state index >= 15 is 0 Å².